The molecule has 1 aromatic heterocycles. The Balaban J connectivity index is 1.98. The Morgan fingerprint density at radius 1 is 1.22 bits per heavy atom. The molecule has 2 heterocycles. The number of nitrogens with zero attached hydrogens (tertiary/aromatic N) is 2. The van der Waals surface area contributed by atoms with Gasteiger partial charge in [-0.05, 0) is 43.7 Å². The lowest BCUT2D eigenvalue weighted by atomic mass is 9.95. The topological polar surface area (TPSA) is 69.9 Å². The molecule has 6 nitrogen and oxygen atoms in total. The SMILES string of the molecule is CCOC(=O)C1=C(C)N=c2s/c(=C\c3ccc(Cl)cc3)c(=O)n2[C@H]1c1ccccc1OC. The standard InChI is InChI=1S/C24H21ClN2O4S/c1-4-31-23(29)20-14(2)26-24-27(21(20)17-7-5-6-8-18(17)30-3)22(28)19(32-24)13-15-9-11-16(25)12-10-15/h5-13,21H,4H2,1-3H3/b19-13-/t21-/m0/s1. The maximum Gasteiger partial charge on any atom is 0.338 e. The lowest BCUT2D eigenvalue weighted by molar-refractivity contribution is -0.139. The molecule has 0 spiro atoms. The second-order valence-corrected chi connectivity index (χ2v) is 8.54. The molecule has 0 unspecified atom stereocenters. The smallest absolute Gasteiger partial charge is 0.338 e. The van der Waals surface area contributed by atoms with Crippen LogP contribution < -0.4 is 19.6 Å². The first-order valence-corrected chi connectivity index (χ1v) is 11.2. The summed E-state index contributed by atoms with van der Waals surface area (Å²) < 4.78 is 12.9. The average molecular weight is 469 g/mol. The predicted molar refractivity (Wildman–Crippen MR) is 125 cm³/mol. The molecular formula is C24H21ClN2O4S. The molecule has 2 aromatic carbocycles. The Morgan fingerprint density at radius 3 is 2.62 bits per heavy atom. The quantitative estimate of drug-likeness (QED) is 0.538. The molecular weight excluding hydrogens is 448 g/mol. The number of carbonyl (C=O) groups excluding carboxylic acids is 1. The number of carbonyl (C=O) groups is 1. The number of allylic oxidation sites excluding steroid dienone is 1. The predicted octanol–water partition coefficient (Wildman–Crippen LogP) is 3.46. The maximum absolute atomic E-state index is 13.5. The fourth-order valence-corrected chi connectivity index (χ4v) is 4.86. The van der Waals surface area contributed by atoms with E-state index in [0.29, 0.717) is 36.9 Å². The number of esters is 1. The van der Waals surface area contributed by atoms with Crippen molar-refractivity contribution in [3.63, 3.8) is 0 Å². The summed E-state index contributed by atoms with van der Waals surface area (Å²) in [5, 5.41) is 0.620. The highest BCUT2D eigenvalue weighted by atomic mass is 35.5. The van der Waals surface area contributed by atoms with Crippen molar-refractivity contribution in [3.8, 4) is 5.75 Å². The lowest BCUT2D eigenvalue weighted by Gasteiger charge is -2.25. The highest BCUT2D eigenvalue weighted by Crippen LogP contribution is 2.35. The molecule has 0 saturated heterocycles. The van der Waals surface area contributed by atoms with Crippen LogP contribution in [0.5, 0.6) is 5.75 Å². The van der Waals surface area contributed by atoms with Crippen LogP contribution in [-0.4, -0.2) is 24.3 Å². The Morgan fingerprint density at radius 2 is 1.94 bits per heavy atom. The van der Waals surface area contributed by atoms with E-state index < -0.39 is 12.0 Å². The molecule has 3 aromatic rings. The molecule has 0 bridgehead atoms. The van der Waals surface area contributed by atoms with E-state index in [-0.39, 0.29) is 12.2 Å². The molecule has 164 valence electrons. The minimum Gasteiger partial charge on any atom is -0.496 e. The van der Waals surface area contributed by atoms with Gasteiger partial charge in [0.2, 0.25) is 0 Å². The summed E-state index contributed by atoms with van der Waals surface area (Å²) >= 11 is 7.25. The maximum atomic E-state index is 13.5. The Bertz CT molecular complexity index is 1390. The van der Waals surface area contributed by atoms with Gasteiger partial charge in [0.25, 0.3) is 5.56 Å². The van der Waals surface area contributed by atoms with E-state index in [1.165, 1.54) is 11.3 Å². The Labute approximate surface area is 193 Å². The van der Waals surface area contributed by atoms with Crippen LogP contribution in [0.2, 0.25) is 5.02 Å². The number of rotatable bonds is 5. The molecule has 0 amide bonds. The molecule has 1 aliphatic heterocycles. The largest absolute Gasteiger partial charge is 0.496 e. The molecule has 8 heteroatoms. The number of hydrogen-bond acceptors (Lipinski definition) is 6. The van der Waals surface area contributed by atoms with Crippen LogP contribution in [0.4, 0.5) is 0 Å². The van der Waals surface area contributed by atoms with Crippen LogP contribution in [0.1, 0.15) is 31.0 Å². The number of halogens is 1. The van der Waals surface area contributed by atoms with Gasteiger partial charge in [-0.1, -0.05) is 53.3 Å². The number of methoxy groups -OCH3 is 1. The van der Waals surface area contributed by atoms with Gasteiger partial charge in [0.05, 0.1) is 29.5 Å². The number of para-hydroxylation sites is 1. The first-order valence-electron chi connectivity index (χ1n) is 10.0. The Hall–Kier alpha value is -3.16. The highest BCUT2D eigenvalue weighted by Gasteiger charge is 2.34. The highest BCUT2D eigenvalue weighted by molar-refractivity contribution is 7.07. The second-order valence-electron chi connectivity index (χ2n) is 7.10. The van der Waals surface area contributed by atoms with Gasteiger partial charge in [0.1, 0.15) is 11.8 Å². The zero-order valence-electron chi connectivity index (χ0n) is 17.8. The van der Waals surface area contributed by atoms with Crippen molar-refractivity contribution < 1.29 is 14.3 Å². The summed E-state index contributed by atoms with van der Waals surface area (Å²) in [6.45, 7) is 3.72. The Kier molecular flexibility index (Phi) is 6.30. The van der Waals surface area contributed by atoms with E-state index in [4.69, 9.17) is 21.1 Å². The number of ether oxygens (including phenoxy) is 2. The molecule has 4 rings (SSSR count). The third-order valence-corrected chi connectivity index (χ3v) is 6.35. The van der Waals surface area contributed by atoms with Crippen molar-refractivity contribution in [2.75, 3.05) is 13.7 Å². The molecule has 0 aliphatic carbocycles. The van der Waals surface area contributed by atoms with Crippen LogP contribution >= 0.6 is 22.9 Å². The summed E-state index contributed by atoms with van der Waals surface area (Å²) in [4.78, 5) is 31.6. The van der Waals surface area contributed by atoms with Crippen LogP contribution in [0, 0.1) is 0 Å². The minimum atomic E-state index is -0.714. The molecule has 0 saturated carbocycles. The zero-order chi connectivity index (χ0) is 22.8. The monoisotopic (exact) mass is 468 g/mol. The fourth-order valence-electron chi connectivity index (χ4n) is 3.69. The van der Waals surface area contributed by atoms with Gasteiger partial charge in [-0.3, -0.25) is 9.36 Å². The molecule has 0 fully saturated rings. The first-order chi connectivity index (χ1) is 15.4. The van der Waals surface area contributed by atoms with Crippen molar-refractivity contribution in [1.82, 2.24) is 4.57 Å². The second kappa shape index (κ2) is 9.14. The van der Waals surface area contributed by atoms with Gasteiger partial charge < -0.3 is 9.47 Å². The number of aromatic nitrogens is 1. The molecule has 1 aliphatic rings. The van der Waals surface area contributed by atoms with Gasteiger partial charge in [-0.2, -0.15) is 0 Å². The summed E-state index contributed by atoms with van der Waals surface area (Å²) in [7, 11) is 1.56. The van der Waals surface area contributed by atoms with Crippen molar-refractivity contribution in [3.05, 3.63) is 95.6 Å². The van der Waals surface area contributed by atoms with E-state index in [0.717, 1.165) is 5.56 Å². The normalized spacial score (nSPS) is 15.9. The van der Waals surface area contributed by atoms with E-state index in [9.17, 15) is 9.59 Å². The first kappa shape index (κ1) is 22.0. The van der Waals surface area contributed by atoms with E-state index in [2.05, 4.69) is 4.99 Å². The average Bonchev–Trinajstić information content (AvgIpc) is 3.09. The minimum absolute atomic E-state index is 0.218. The molecule has 0 radical (unpaired) electrons. The molecule has 32 heavy (non-hydrogen) atoms. The van der Waals surface area contributed by atoms with Crippen molar-refractivity contribution in [2.45, 2.75) is 19.9 Å². The number of benzene rings is 2. The van der Waals surface area contributed by atoms with Gasteiger partial charge in [-0.15, -0.1) is 0 Å². The van der Waals surface area contributed by atoms with Crippen LogP contribution in [0.3, 0.4) is 0 Å². The fraction of sp³-hybridized carbons (Fsp3) is 0.208. The number of hydrogen-bond donors (Lipinski definition) is 0. The van der Waals surface area contributed by atoms with E-state index in [1.54, 1.807) is 49.8 Å². The van der Waals surface area contributed by atoms with Crippen molar-refractivity contribution in [1.29, 1.82) is 0 Å². The zero-order valence-corrected chi connectivity index (χ0v) is 19.4. The van der Waals surface area contributed by atoms with Gasteiger partial charge in [0.15, 0.2) is 4.80 Å². The van der Waals surface area contributed by atoms with Crippen molar-refractivity contribution in [2.24, 2.45) is 4.99 Å². The number of thiazole rings is 1. The molecule has 0 N–H and O–H groups in total. The van der Waals surface area contributed by atoms with Gasteiger partial charge >= 0.3 is 5.97 Å². The van der Waals surface area contributed by atoms with Gasteiger partial charge in [0, 0.05) is 10.6 Å². The number of fused-ring (bicyclic) bond motifs is 1. The summed E-state index contributed by atoms with van der Waals surface area (Å²) in [6.07, 6.45) is 1.79. The third kappa shape index (κ3) is 4.01. The summed E-state index contributed by atoms with van der Waals surface area (Å²) in [5.74, 6) is 0.0675. The summed E-state index contributed by atoms with van der Waals surface area (Å²) in [6, 6.07) is 13.8. The van der Waals surface area contributed by atoms with E-state index in [1.807, 2.05) is 30.3 Å². The summed E-state index contributed by atoms with van der Waals surface area (Å²) in [5.41, 5.74) is 2.12. The van der Waals surface area contributed by atoms with Crippen molar-refractivity contribution >= 4 is 35.0 Å². The third-order valence-electron chi connectivity index (χ3n) is 5.12. The van der Waals surface area contributed by atoms with Crippen LogP contribution in [0.25, 0.3) is 6.08 Å². The van der Waals surface area contributed by atoms with Crippen LogP contribution in [-0.2, 0) is 9.53 Å². The van der Waals surface area contributed by atoms with Crippen LogP contribution in [0.15, 0.2) is 69.6 Å². The molecule has 1 atom stereocenters. The van der Waals surface area contributed by atoms with E-state index >= 15 is 0 Å². The lowest BCUT2D eigenvalue weighted by Crippen LogP contribution is -2.40. The van der Waals surface area contributed by atoms with Gasteiger partial charge in [-0.25, -0.2) is 9.79 Å².